The lowest BCUT2D eigenvalue weighted by atomic mass is 10.1. The van der Waals surface area contributed by atoms with E-state index in [9.17, 15) is 5.11 Å². The Labute approximate surface area is 124 Å². The van der Waals surface area contributed by atoms with Gasteiger partial charge in [-0.25, -0.2) is 4.98 Å². The van der Waals surface area contributed by atoms with Crippen LogP contribution in [-0.2, 0) is 13.6 Å². The third-order valence-corrected chi connectivity index (χ3v) is 3.83. The minimum absolute atomic E-state index is 0. The number of nitrogens with zero attached hydrogens (tertiary/aromatic N) is 2. The van der Waals surface area contributed by atoms with Crippen molar-refractivity contribution in [3.05, 3.63) is 30.1 Å². The van der Waals surface area contributed by atoms with Gasteiger partial charge in [0, 0.05) is 39.1 Å². The molecule has 2 unspecified atom stereocenters. The van der Waals surface area contributed by atoms with E-state index in [1.807, 2.05) is 17.9 Å². The average molecular weight is 297 g/mol. The molecule has 1 aromatic carbocycles. The first-order valence-electron chi connectivity index (χ1n) is 6.73. The van der Waals surface area contributed by atoms with Crippen LogP contribution in [0.25, 0.3) is 11.0 Å². The predicted octanol–water partition coefficient (Wildman–Crippen LogP) is 0.665. The molecule has 5 nitrogen and oxygen atoms in total. The van der Waals surface area contributed by atoms with E-state index in [1.165, 1.54) is 5.56 Å². The molecule has 1 aliphatic heterocycles. The van der Waals surface area contributed by atoms with Crippen LogP contribution in [0, 0.1) is 5.92 Å². The minimum atomic E-state index is -0.217. The van der Waals surface area contributed by atoms with Gasteiger partial charge in [-0.3, -0.25) is 0 Å². The number of benzene rings is 1. The molecule has 0 spiro atoms. The van der Waals surface area contributed by atoms with Crippen molar-refractivity contribution in [1.29, 1.82) is 0 Å². The maximum atomic E-state index is 9.71. The van der Waals surface area contributed by atoms with E-state index in [0.717, 1.165) is 30.7 Å². The number of aromatic nitrogens is 2. The van der Waals surface area contributed by atoms with E-state index in [0.29, 0.717) is 12.5 Å². The van der Waals surface area contributed by atoms with Gasteiger partial charge in [0.05, 0.1) is 23.5 Å². The van der Waals surface area contributed by atoms with E-state index in [-0.39, 0.29) is 18.5 Å². The summed E-state index contributed by atoms with van der Waals surface area (Å²) >= 11 is 0. The first-order chi connectivity index (χ1) is 9.24. The van der Waals surface area contributed by atoms with Crippen LogP contribution in [0.15, 0.2) is 24.5 Å². The van der Waals surface area contributed by atoms with Crippen molar-refractivity contribution in [2.24, 2.45) is 13.0 Å². The van der Waals surface area contributed by atoms with Gasteiger partial charge in [-0.15, -0.1) is 12.4 Å². The fourth-order valence-electron chi connectivity index (χ4n) is 2.62. The first-order valence-corrected chi connectivity index (χ1v) is 6.73. The number of aliphatic hydroxyl groups is 1. The molecule has 1 saturated heterocycles. The Bertz CT molecular complexity index is 571. The Morgan fingerprint density at radius 3 is 3.05 bits per heavy atom. The summed E-state index contributed by atoms with van der Waals surface area (Å²) in [5, 5.41) is 16.3. The van der Waals surface area contributed by atoms with Gasteiger partial charge in [0.15, 0.2) is 0 Å². The molecule has 1 fully saturated rings. The molecular weight excluding hydrogens is 276 g/mol. The highest BCUT2D eigenvalue weighted by atomic mass is 35.5. The monoisotopic (exact) mass is 296 g/mol. The molecule has 0 amide bonds. The molecule has 2 atom stereocenters. The van der Waals surface area contributed by atoms with Crippen LogP contribution < -0.4 is 10.6 Å². The van der Waals surface area contributed by atoms with Gasteiger partial charge >= 0.3 is 0 Å². The van der Waals surface area contributed by atoms with Crippen molar-refractivity contribution in [3.8, 4) is 0 Å². The van der Waals surface area contributed by atoms with Crippen LogP contribution in [0.2, 0.25) is 0 Å². The molecule has 0 aliphatic carbocycles. The van der Waals surface area contributed by atoms with Crippen molar-refractivity contribution in [3.63, 3.8) is 0 Å². The third kappa shape index (κ3) is 3.12. The van der Waals surface area contributed by atoms with E-state index in [4.69, 9.17) is 0 Å². The molecule has 0 bridgehead atoms. The highest BCUT2D eigenvalue weighted by molar-refractivity contribution is 5.85. The van der Waals surface area contributed by atoms with Crippen LogP contribution >= 0.6 is 12.4 Å². The van der Waals surface area contributed by atoms with Gasteiger partial charge in [-0.1, -0.05) is 6.07 Å². The lowest BCUT2D eigenvalue weighted by molar-refractivity contribution is 0.146. The first kappa shape index (κ1) is 15.3. The highest BCUT2D eigenvalue weighted by Gasteiger charge is 2.23. The zero-order valence-electron chi connectivity index (χ0n) is 11.5. The maximum Gasteiger partial charge on any atom is 0.0955 e. The number of imidazole rings is 1. The average Bonchev–Trinajstić information content (AvgIpc) is 2.97. The van der Waals surface area contributed by atoms with Gasteiger partial charge in [0.2, 0.25) is 0 Å². The Morgan fingerprint density at radius 2 is 2.30 bits per heavy atom. The third-order valence-electron chi connectivity index (χ3n) is 3.83. The van der Waals surface area contributed by atoms with E-state index >= 15 is 0 Å². The number of β-amino-alcohol motifs (C(OH)–C–C–N with tert-alkyl or cyclic N) is 1. The standard InChI is InChI=1S/C14H20N4O.ClH/c1-18-9-17-12-4-10(2-3-13(12)18)5-15-6-11-7-16-8-14(11)19;/h2-4,9,11,14-16,19H,5-8H2,1H3;1H. The molecule has 0 radical (unpaired) electrons. The molecule has 110 valence electrons. The van der Waals surface area contributed by atoms with Crippen molar-refractivity contribution < 1.29 is 5.11 Å². The number of fused-ring (bicyclic) bond motifs is 1. The number of hydrogen-bond acceptors (Lipinski definition) is 4. The smallest absolute Gasteiger partial charge is 0.0955 e. The summed E-state index contributed by atoms with van der Waals surface area (Å²) in [4.78, 5) is 4.36. The quantitative estimate of drug-likeness (QED) is 0.776. The number of aliphatic hydroxyl groups excluding tert-OH is 1. The van der Waals surface area contributed by atoms with Crippen LogP contribution in [-0.4, -0.2) is 40.4 Å². The Hall–Kier alpha value is -1.14. The summed E-state index contributed by atoms with van der Waals surface area (Å²) < 4.78 is 2.02. The van der Waals surface area contributed by atoms with Crippen LogP contribution in [0.3, 0.4) is 0 Å². The fraction of sp³-hybridized carbons (Fsp3) is 0.500. The molecule has 3 rings (SSSR count). The Kier molecular flexibility index (Phi) is 4.99. The summed E-state index contributed by atoms with van der Waals surface area (Å²) in [5.74, 6) is 0.318. The SMILES string of the molecule is Cl.Cn1cnc2cc(CNCC3CNCC3O)ccc21. The summed E-state index contributed by atoms with van der Waals surface area (Å²) in [7, 11) is 2.00. The minimum Gasteiger partial charge on any atom is -0.391 e. The van der Waals surface area contributed by atoms with Gasteiger partial charge in [0.25, 0.3) is 0 Å². The van der Waals surface area contributed by atoms with E-state index in [1.54, 1.807) is 0 Å². The zero-order valence-corrected chi connectivity index (χ0v) is 12.4. The number of hydrogen-bond donors (Lipinski definition) is 3. The van der Waals surface area contributed by atoms with Crippen LogP contribution in [0.1, 0.15) is 5.56 Å². The molecule has 1 aromatic heterocycles. The largest absolute Gasteiger partial charge is 0.391 e. The second kappa shape index (κ2) is 6.54. The summed E-state index contributed by atoms with van der Waals surface area (Å²) in [6.07, 6.45) is 1.62. The predicted molar refractivity (Wildman–Crippen MR) is 82.0 cm³/mol. The van der Waals surface area contributed by atoms with Crippen molar-refractivity contribution in [2.45, 2.75) is 12.6 Å². The lowest BCUT2D eigenvalue weighted by Crippen LogP contribution is -2.30. The van der Waals surface area contributed by atoms with Crippen molar-refractivity contribution >= 4 is 23.4 Å². The summed E-state index contributed by atoms with van der Waals surface area (Å²) in [5.41, 5.74) is 3.41. The Balaban J connectivity index is 0.00000147. The second-order valence-electron chi connectivity index (χ2n) is 5.30. The molecule has 20 heavy (non-hydrogen) atoms. The number of halogens is 1. The second-order valence-corrected chi connectivity index (χ2v) is 5.30. The molecule has 1 aliphatic rings. The van der Waals surface area contributed by atoms with Gasteiger partial charge in [-0.2, -0.15) is 0 Å². The van der Waals surface area contributed by atoms with Gasteiger partial charge in [-0.05, 0) is 17.7 Å². The van der Waals surface area contributed by atoms with E-state index < -0.39 is 0 Å². The molecule has 2 aromatic rings. The number of aryl methyl sites for hydroxylation is 1. The van der Waals surface area contributed by atoms with Crippen LogP contribution in [0.4, 0.5) is 0 Å². The Morgan fingerprint density at radius 1 is 1.45 bits per heavy atom. The van der Waals surface area contributed by atoms with Gasteiger partial charge < -0.3 is 20.3 Å². The zero-order chi connectivity index (χ0) is 13.2. The molecular formula is C14H21ClN4O. The topological polar surface area (TPSA) is 62.1 Å². The molecule has 3 N–H and O–H groups in total. The van der Waals surface area contributed by atoms with E-state index in [2.05, 4.69) is 33.8 Å². The van der Waals surface area contributed by atoms with Gasteiger partial charge in [0.1, 0.15) is 0 Å². The van der Waals surface area contributed by atoms with Crippen molar-refractivity contribution in [1.82, 2.24) is 20.2 Å². The highest BCUT2D eigenvalue weighted by Crippen LogP contribution is 2.14. The summed E-state index contributed by atoms with van der Waals surface area (Å²) in [6, 6.07) is 6.34. The molecule has 6 heteroatoms. The molecule has 2 heterocycles. The number of nitrogens with one attached hydrogen (secondary N) is 2. The normalized spacial score (nSPS) is 22.1. The lowest BCUT2D eigenvalue weighted by Gasteiger charge is -2.14. The maximum absolute atomic E-state index is 9.71. The fourth-order valence-corrected chi connectivity index (χ4v) is 2.62. The van der Waals surface area contributed by atoms with Crippen molar-refractivity contribution in [2.75, 3.05) is 19.6 Å². The summed E-state index contributed by atoms with van der Waals surface area (Å²) in [6.45, 7) is 3.27. The molecule has 0 saturated carbocycles. The number of rotatable bonds is 4. The van der Waals surface area contributed by atoms with Crippen LogP contribution in [0.5, 0.6) is 0 Å².